The second-order valence-electron chi connectivity index (χ2n) is 3.87. The van der Waals surface area contributed by atoms with Crippen molar-refractivity contribution in [3.63, 3.8) is 0 Å². The molecular formula is C13H16N2O. The summed E-state index contributed by atoms with van der Waals surface area (Å²) in [7, 11) is 0. The maximum absolute atomic E-state index is 10.8. The first-order chi connectivity index (χ1) is 7.86. The van der Waals surface area contributed by atoms with Crippen LogP contribution in [0.3, 0.4) is 0 Å². The van der Waals surface area contributed by atoms with E-state index in [1.54, 1.807) is 0 Å². The molecule has 1 aliphatic rings. The molecule has 2 aromatic rings. The Morgan fingerprint density at radius 1 is 0.938 bits per heavy atom. The molecule has 0 radical (unpaired) electrons. The van der Waals surface area contributed by atoms with Crippen LogP contribution in [0.1, 0.15) is 12.8 Å². The average Bonchev–Trinajstić information content (AvgIpc) is 2.87. The zero-order valence-corrected chi connectivity index (χ0v) is 9.20. The van der Waals surface area contributed by atoms with E-state index >= 15 is 0 Å². The van der Waals surface area contributed by atoms with Crippen molar-refractivity contribution in [1.29, 1.82) is 0 Å². The predicted octanol–water partition coefficient (Wildman–Crippen LogP) is 1.90. The van der Waals surface area contributed by atoms with Crippen LogP contribution in [0.4, 0.5) is 0 Å². The van der Waals surface area contributed by atoms with Gasteiger partial charge >= 0.3 is 0 Å². The zero-order valence-electron chi connectivity index (χ0n) is 9.20. The van der Waals surface area contributed by atoms with Crippen molar-refractivity contribution >= 4 is 10.9 Å². The molecule has 0 bridgehead atoms. The van der Waals surface area contributed by atoms with Gasteiger partial charge in [-0.05, 0) is 43.5 Å². The zero-order chi connectivity index (χ0) is 11.2. The van der Waals surface area contributed by atoms with Gasteiger partial charge in [-0.2, -0.15) is 0 Å². The summed E-state index contributed by atoms with van der Waals surface area (Å²) in [5, 5.41) is 4.28. The third kappa shape index (κ3) is 2.94. The van der Waals surface area contributed by atoms with Gasteiger partial charge in [0.05, 0.1) is 0 Å². The number of pyridine rings is 1. The summed E-state index contributed by atoms with van der Waals surface area (Å²) in [6.45, 7) is 2.50. The highest BCUT2D eigenvalue weighted by atomic mass is 16.1. The van der Waals surface area contributed by atoms with Crippen molar-refractivity contribution in [3.8, 4) is 0 Å². The summed E-state index contributed by atoms with van der Waals surface area (Å²) in [4.78, 5) is 13.6. The van der Waals surface area contributed by atoms with E-state index in [4.69, 9.17) is 0 Å². The molecule has 1 fully saturated rings. The number of H-pyrrole nitrogens is 1. The van der Waals surface area contributed by atoms with Crippen LogP contribution in [0.2, 0.25) is 0 Å². The molecule has 2 N–H and O–H groups in total. The molecule has 3 heteroatoms. The summed E-state index contributed by atoms with van der Waals surface area (Å²) in [6.07, 6.45) is 2.78. The lowest BCUT2D eigenvalue weighted by Crippen LogP contribution is -2.03. The van der Waals surface area contributed by atoms with Crippen molar-refractivity contribution < 1.29 is 0 Å². The number of benzene rings is 1. The third-order valence-electron chi connectivity index (χ3n) is 2.59. The lowest BCUT2D eigenvalue weighted by Gasteiger charge is -1.93. The lowest BCUT2D eigenvalue weighted by atomic mass is 10.2. The SMILES string of the molecule is C1CCNC1.O=c1ccc2ccccc2[nH]1. The first kappa shape index (κ1) is 10.9. The Hall–Kier alpha value is -1.61. The molecule has 0 aliphatic carbocycles. The number of rotatable bonds is 0. The number of hydrogen-bond donors (Lipinski definition) is 2. The van der Waals surface area contributed by atoms with Crippen LogP contribution in [0.5, 0.6) is 0 Å². The fraction of sp³-hybridized carbons (Fsp3) is 0.308. The van der Waals surface area contributed by atoms with E-state index < -0.39 is 0 Å². The molecule has 16 heavy (non-hydrogen) atoms. The molecule has 2 heterocycles. The van der Waals surface area contributed by atoms with Gasteiger partial charge in [0.2, 0.25) is 5.56 Å². The number of aromatic amines is 1. The summed E-state index contributed by atoms with van der Waals surface area (Å²) in [5.41, 5.74) is 0.837. The van der Waals surface area contributed by atoms with Gasteiger partial charge in [0, 0.05) is 11.6 Å². The van der Waals surface area contributed by atoms with Crippen LogP contribution in [0.25, 0.3) is 10.9 Å². The quantitative estimate of drug-likeness (QED) is 0.706. The van der Waals surface area contributed by atoms with Crippen LogP contribution in [-0.4, -0.2) is 18.1 Å². The van der Waals surface area contributed by atoms with E-state index in [1.807, 2.05) is 30.3 Å². The molecule has 3 nitrogen and oxygen atoms in total. The maximum Gasteiger partial charge on any atom is 0.248 e. The highest BCUT2D eigenvalue weighted by Gasteiger charge is 1.93. The highest BCUT2D eigenvalue weighted by molar-refractivity contribution is 5.77. The normalized spacial score (nSPS) is 14.5. The molecule has 0 saturated carbocycles. The fourth-order valence-electron chi connectivity index (χ4n) is 1.72. The number of aromatic nitrogens is 1. The standard InChI is InChI=1S/C9H7NO.C4H9N/c11-9-6-5-7-3-1-2-4-8(7)10-9;1-2-4-5-3-1/h1-6H,(H,10,11);5H,1-4H2. The van der Waals surface area contributed by atoms with Crippen molar-refractivity contribution in [2.45, 2.75) is 12.8 Å². The van der Waals surface area contributed by atoms with Crippen molar-refractivity contribution in [3.05, 3.63) is 46.8 Å². The first-order valence-electron chi connectivity index (χ1n) is 5.65. The molecule has 0 amide bonds. The summed E-state index contributed by atoms with van der Waals surface area (Å²) >= 11 is 0. The molecule has 84 valence electrons. The monoisotopic (exact) mass is 216 g/mol. The average molecular weight is 216 g/mol. The van der Waals surface area contributed by atoms with E-state index in [1.165, 1.54) is 32.0 Å². The Balaban J connectivity index is 0.000000162. The second kappa shape index (κ2) is 5.47. The van der Waals surface area contributed by atoms with Crippen LogP contribution in [0, 0.1) is 0 Å². The Labute approximate surface area is 94.5 Å². The minimum atomic E-state index is -0.0521. The topological polar surface area (TPSA) is 44.9 Å². The van der Waals surface area contributed by atoms with Crippen LogP contribution < -0.4 is 10.9 Å². The van der Waals surface area contributed by atoms with Gasteiger partial charge in [0.1, 0.15) is 0 Å². The predicted molar refractivity (Wildman–Crippen MR) is 66.7 cm³/mol. The number of hydrogen-bond acceptors (Lipinski definition) is 2. The van der Waals surface area contributed by atoms with Crippen LogP contribution in [0.15, 0.2) is 41.2 Å². The van der Waals surface area contributed by atoms with E-state index in [0.29, 0.717) is 0 Å². The van der Waals surface area contributed by atoms with Gasteiger partial charge in [-0.1, -0.05) is 18.2 Å². The first-order valence-corrected chi connectivity index (χ1v) is 5.65. The van der Waals surface area contributed by atoms with Crippen LogP contribution >= 0.6 is 0 Å². The van der Waals surface area contributed by atoms with Gasteiger partial charge in [0.25, 0.3) is 0 Å². The molecular weight excluding hydrogens is 200 g/mol. The lowest BCUT2D eigenvalue weighted by molar-refractivity contribution is 0.857. The Kier molecular flexibility index (Phi) is 3.72. The molecule has 1 aromatic carbocycles. The van der Waals surface area contributed by atoms with Gasteiger partial charge in [-0.15, -0.1) is 0 Å². The van der Waals surface area contributed by atoms with Crippen LogP contribution in [-0.2, 0) is 0 Å². The molecule has 0 spiro atoms. The molecule has 1 saturated heterocycles. The van der Waals surface area contributed by atoms with Gasteiger partial charge in [-0.25, -0.2) is 0 Å². The number of nitrogens with one attached hydrogen (secondary N) is 2. The van der Waals surface area contributed by atoms with Gasteiger partial charge in [0.15, 0.2) is 0 Å². The smallest absolute Gasteiger partial charge is 0.248 e. The molecule has 1 aliphatic heterocycles. The van der Waals surface area contributed by atoms with E-state index in [0.717, 1.165) is 10.9 Å². The number of para-hydroxylation sites is 1. The van der Waals surface area contributed by atoms with Gasteiger partial charge in [-0.3, -0.25) is 4.79 Å². The van der Waals surface area contributed by atoms with E-state index in [2.05, 4.69) is 10.3 Å². The number of fused-ring (bicyclic) bond motifs is 1. The molecule has 3 rings (SSSR count). The Morgan fingerprint density at radius 2 is 1.69 bits per heavy atom. The highest BCUT2D eigenvalue weighted by Crippen LogP contribution is 2.06. The maximum atomic E-state index is 10.8. The van der Waals surface area contributed by atoms with Crippen molar-refractivity contribution in [2.24, 2.45) is 0 Å². The van der Waals surface area contributed by atoms with E-state index in [-0.39, 0.29) is 5.56 Å². The Bertz CT molecular complexity index is 493. The molecule has 0 unspecified atom stereocenters. The summed E-state index contributed by atoms with van der Waals surface area (Å²) in [5.74, 6) is 0. The minimum Gasteiger partial charge on any atom is -0.322 e. The molecule has 1 aromatic heterocycles. The largest absolute Gasteiger partial charge is 0.322 e. The Morgan fingerprint density at radius 3 is 2.38 bits per heavy atom. The summed E-state index contributed by atoms with van der Waals surface area (Å²) in [6, 6.07) is 11.0. The van der Waals surface area contributed by atoms with Gasteiger partial charge < -0.3 is 10.3 Å². The van der Waals surface area contributed by atoms with Crippen molar-refractivity contribution in [2.75, 3.05) is 13.1 Å². The second-order valence-corrected chi connectivity index (χ2v) is 3.87. The fourth-order valence-corrected chi connectivity index (χ4v) is 1.72. The minimum absolute atomic E-state index is 0.0521. The third-order valence-corrected chi connectivity index (χ3v) is 2.59. The summed E-state index contributed by atoms with van der Waals surface area (Å²) < 4.78 is 0. The molecule has 0 atom stereocenters. The van der Waals surface area contributed by atoms with Crippen molar-refractivity contribution in [1.82, 2.24) is 10.3 Å². The van der Waals surface area contributed by atoms with E-state index in [9.17, 15) is 4.79 Å².